The molecule has 2 N–H and O–H groups in total. The highest BCUT2D eigenvalue weighted by molar-refractivity contribution is 5.95. The molecule has 1 atom stereocenters. The summed E-state index contributed by atoms with van der Waals surface area (Å²) in [7, 11) is 0. The van der Waals surface area contributed by atoms with E-state index in [9.17, 15) is 18.8 Å². The van der Waals surface area contributed by atoms with Crippen LogP contribution in [0.15, 0.2) is 54.7 Å². The van der Waals surface area contributed by atoms with E-state index in [4.69, 9.17) is 0 Å². The Kier molecular flexibility index (Phi) is 7.72. The van der Waals surface area contributed by atoms with Gasteiger partial charge in [-0.15, -0.1) is 5.10 Å². The van der Waals surface area contributed by atoms with Gasteiger partial charge in [0.2, 0.25) is 11.8 Å². The van der Waals surface area contributed by atoms with Crippen LogP contribution in [-0.4, -0.2) is 63.3 Å². The van der Waals surface area contributed by atoms with Gasteiger partial charge in [-0.3, -0.25) is 19.1 Å². The maximum Gasteiger partial charge on any atom is 0.253 e. The number of carbonyl (C=O) groups is 3. The number of amides is 3. The summed E-state index contributed by atoms with van der Waals surface area (Å²) in [5.74, 6) is -1.15. The lowest BCUT2D eigenvalue weighted by molar-refractivity contribution is -0.137. The second-order valence-corrected chi connectivity index (χ2v) is 10.5. The van der Waals surface area contributed by atoms with Crippen molar-refractivity contribution in [2.24, 2.45) is 5.41 Å². The summed E-state index contributed by atoms with van der Waals surface area (Å²) < 4.78 is 15.8. The monoisotopic (exact) mass is 532 g/mol. The quantitative estimate of drug-likeness (QED) is 0.539. The molecule has 0 radical (unpaired) electrons. The lowest BCUT2D eigenvalue weighted by atomic mass is 9.73. The van der Waals surface area contributed by atoms with Gasteiger partial charge in [-0.05, 0) is 49.4 Å². The molecule has 2 aliphatic rings. The first kappa shape index (κ1) is 26.5. The van der Waals surface area contributed by atoms with E-state index < -0.39 is 17.3 Å². The minimum Gasteiger partial charge on any atom is -0.354 e. The van der Waals surface area contributed by atoms with Crippen LogP contribution in [-0.2, 0) is 29.0 Å². The van der Waals surface area contributed by atoms with Crippen LogP contribution in [0.2, 0.25) is 0 Å². The second kappa shape index (κ2) is 11.3. The molecular formula is C29H33FN6O3. The number of aryl methyl sites for hydroxylation is 2. The van der Waals surface area contributed by atoms with Gasteiger partial charge in [0.1, 0.15) is 11.9 Å². The molecule has 0 aliphatic carbocycles. The smallest absolute Gasteiger partial charge is 0.253 e. The molecular weight excluding hydrogens is 499 g/mol. The molecule has 39 heavy (non-hydrogen) atoms. The van der Waals surface area contributed by atoms with Crippen LogP contribution in [0.25, 0.3) is 0 Å². The van der Waals surface area contributed by atoms with Crippen molar-refractivity contribution in [2.45, 2.75) is 51.6 Å². The highest BCUT2D eigenvalue weighted by Gasteiger charge is 2.44. The zero-order valence-electron chi connectivity index (χ0n) is 22.0. The van der Waals surface area contributed by atoms with Crippen LogP contribution < -0.4 is 10.6 Å². The molecule has 204 valence electrons. The fourth-order valence-electron chi connectivity index (χ4n) is 5.35. The third-order valence-electron chi connectivity index (χ3n) is 7.78. The van der Waals surface area contributed by atoms with E-state index >= 15 is 0 Å². The van der Waals surface area contributed by atoms with Crippen molar-refractivity contribution < 1.29 is 18.8 Å². The Hall–Kier alpha value is -4.08. The van der Waals surface area contributed by atoms with E-state index in [0.717, 1.165) is 5.56 Å². The topological polar surface area (TPSA) is 109 Å². The van der Waals surface area contributed by atoms with E-state index in [1.54, 1.807) is 28.6 Å². The predicted molar refractivity (Wildman–Crippen MR) is 142 cm³/mol. The van der Waals surface area contributed by atoms with Gasteiger partial charge in [0.05, 0.1) is 11.1 Å². The Bertz CT molecular complexity index is 1350. The molecule has 9 nitrogen and oxygen atoms in total. The van der Waals surface area contributed by atoms with Crippen LogP contribution in [0.3, 0.4) is 0 Å². The van der Waals surface area contributed by atoms with Gasteiger partial charge < -0.3 is 15.5 Å². The summed E-state index contributed by atoms with van der Waals surface area (Å²) >= 11 is 0. The molecule has 2 aromatic carbocycles. The van der Waals surface area contributed by atoms with Gasteiger partial charge in [-0.2, -0.15) is 0 Å². The number of carbonyl (C=O) groups excluding carboxylic acids is 3. The predicted octanol–water partition coefficient (Wildman–Crippen LogP) is 2.44. The molecule has 5 rings (SSSR count). The summed E-state index contributed by atoms with van der Waals surface area (Å²) in [6.07, 6.45) is 4.01. The Morgan fingerprint density at radius 3 is 2.62 bits per heavy atom. The summed E-state index contributed by atoms with van der Waals surface area (Å²) in [6, 6.07) is 13.3. The van der Waals surface area contributed by atoms with Gasteiger partial charge in [-0.25, -0.2) is 4.39 Å². The van der Waals surface area contributed by atoms with Crippen molar-refractivity contribution in [3.63, 3.8) is 0 Å². The van der Waals surface area contributed by atoms with Crippen LogP contribution in [0.4, 0.5) is 4.39 Å². The van der Waals surface area contributed by atoms with E-state index in [0.29, 0.717) is 69.5 Å². The number of piperidine rings is 1. The number of nitrogens with zero attached hydrogens (tertiary/aromatic N) is 4. The standard InChI is InChI=1S/C29H33FN6O3/c1-20-8-9-22(17-24(20)30)27(38)35-14-10-29(11-15-35)18-23-19-36(34-33-23)13-5-12-31-26(37)25(32-28(29)39)16-21-6-3-2-4-7-21/h2-4,6-9,17,19,25H,5,10-16,18H2,1H3,(H,31,37)(H,32,39)/t25-/m0/s1. The molecule has 1 fully saturated rings. The number of halogens is 1. The molecule has 3 aromatic rings. The van der Waals surface area contributed by atoms with E-state index in [2.05, 4.69) is 20.9 Å². The number of benzene rings is 2. The third-order valence-corrected chi connectivity index (χ3v) is 7.78. The van der Waals surface area contributed by atoms with Gasteiger partial charge in [0.25, 0.3) is 5.91 Å². The number of hydrogen-bond acceptors (Lipinski definition) is 5. The van der Waals surface area contributed by atoms with Crippen LogP contribution in [0, 0.1) is 18.2 Å². The summed E-state index contributed by atoms with van der Waals surface area (Å²) in [5.41, 5.74) is 1.54. The van der Waals surface area contributed by atoms with Crippen LogP contribution in [0.1, 0.15) is 46.4 Å². The van der Waals surface area contributed by atoms with Crippen LogP contribution >= 0.6 is 0 Å². The Labute approximate surface area is 226 Å². The minimum atomic E-state index is -0.876. The first-order chi connectivity index (χ1) is 18.8. The number of rotatable bonds is 3. The summed E-state index contributed by atoms with van der Waals surface area (Å²) in [6.45, 7) is 3.36. The molecule has 2 bridgehead atoms. The number of nitrogens with one attached hydrogen (secondary N) is 2. The molecule has 10 heteroatoms. The molecule has 1 aromatic heterocycles. The molecule has 0 unspecified atom stereocenters. The van der Waals surface area contributed by atoms with Crippen molar-refractivity contribution >= 4 is 17.7 Å². The normalized spacial score (nSPS) is 19.8. The van der Waals surface area contributed by atoms with Gasteiger partial charge in [-0.1, -0.05) is 41.6 Å². The highest BCUT2D eigenvalue weighted by atomic mass is 19.1. The lowest BCUT2D eigenvalue weighted by Crippen LogP contribution is -2.56. The van der Waals surface area contributed by atoms with E-state index in [-0.39, 0.29) is 23.3 Å². The van der Waals surface area contributed by atoms with Crippen molar-refractivity contribution in [3.05, 3.63) is 82.9 Å². The maximum absolute atomic E-state index is 14.1. The van der Waals surface area contributed by atoms with Gasteiger partial charge >= 0.3 is 0 Å². The Balaban J connectivity index is 1.39. The van der Waals surface area contributed by atoms with Crippen LogP contribution in [0.5, 0.6) is 0 Å². The second-order valence-electron chi connectivity index (χ2n) is 10.5. The Morgan fingerprint density at radius 2 is 1.87 bits per heavy atom. The molecule has 1 saturated heterocycles. The highest BCUT2D eigenvalue weighted by Crippen LogP contribution is 2.36. The first-order valence-electron chi connectivity index (χ1n) is 13.4. The number of likely N-dealkylation sites (tertiary alicyclic amines) is 1. The van der Waals surface area contributed by atoms with Crippen molar-refractivity contribution in [2.75, 3.05) is 19.6 Å². The zero-order valence-corrected chi connectivity index (χ0v) is 22.0. The fourth-order valence-corrected chi connectivity index (χ4v) is 5.35. The van der Waals surface area contributed by atoms with Gasteiger partial charge in [0, 0.05) is 50.8 Å². The van der Waals surface area contributed by atoms with E-state index in [1.807, 2.05) is 36.5 Å². The first-order valence-corrected chi connectivity index (χ1v) is 13.4. The number of hydrogen-bond donors (Lipinski definition) is 2. The molecule has 0 saturated carbocycles. The minimum absolute atomic E-state index is 0.228. The molecule has 1 spiro atoms. The number of fused-ring (bicyclic) bond motifs is 2. The summed E-state index contributed by atoms with van der Waals surface area (Å²) in [5, 5.41) is 14.5. The maximum atomic E-state index is 14.1. The molecule has 3 amide bonds. The SMILES string of the molecule is Cc1ccc(C(=O)N2CCC3(CC2)Cc2cn(nn2)CCCNC(=O)[C@H](Cc2ccccc2)NC3=O)cc1F. The van der Waals surface area contributed by atoms with E-state index in [1.165, 1.54) is 6.07 Å². The largest absolute Gasteiger partial charge is 0.354 e. The summed E-state index contributed by atoms with van der Waals surface area (Å²) in [4.78, 5) is 42.0. The zero-order chi connectivity index (χ0) is 27.4. The van der Waals surface area contributed by atoms with Gasteiger partial charge in [0.15, 0.2) is 0 Å². The third kappa shape index (κ3) is 6.00. The fraction of sp³-hybridized carbons (Fsp3) is 0.414. The van der Waals surface area contributed by atoms with Crippen molar-refractivity contribution in [3.8, 4) is 0 Å². The molecule has 3 heterocycles. The van der Waals surface area contributed by atoms with Crippen molar-refractivity contribution in [1.29, 1.82) is 0 Å². The lowest BCUT2D eigenvalue weighted by Gasteiger charge is -2.41. The average Bonchev–Trinajstić information content (AvgIpc) is 3.39. The average molecular weight is 533 g/mol. The molecule has 2 aliphatic heterocycles. The van der Waals surface area contributed by atoms with Crippen molar-refractivity contribution in [1.82, 2.24) is 30.5 Å². The Morgan fingerprint density at radius 1 is 1.10 bits per heavy atom. The number of aromatic nitrogens is 3.